The summed E-state index contributed by atoms with van der Waals surface area (Å²) < 4.78 is 0. The van der Waals surface area contributed by atoms with Crippen LogP contribution in [-0.2, 0) is 6.54 Å². The van der Waals surface area contributed by atoms with Gasteiger partial charge in [-0.1, -0.05) is 30.3 Å². The van der Waals surface area contributed by atoms with Gasteiger partial charge in [-0.15, -0.1) is 0 Å². The van der Waals surface area contributed by atoms with E-state index in [-0.39, 0.29) is 0 Å². The maximum Gasteiger partial charge on any atom is 0.142 e. The predicted molar refractivity (Wildman–Crippen MR) is 99.3 cm³/mol. The molecule has 0 radical (unpaired) electrons. The maximum atomic E-state index is 4.51. The molecule has 25 heavy (non-hydrogen) atoms. The van der Waals surface area contributed by atoms with Gasteiger partial charge in [0.1, 0.15) is 17.8 Å². The second-order valence-corrected chi connectivity index (χ2v) is 7.49. The highest BCUT2D eigenvalue weighted by Gasteiger charge is 2.55. The van der Waals surface area contributed by atoms with Crippen molar-refractivity contribution in [1.82, 2.24) is 19.9 Å². The van der Waals surface area contributed by atoms with Crippen LogP contribution < -0.4 is 4.90 Å². The largest absolute Gasteiger partial charge is 0.359 e. The smallest absolute Gasteiger partial charge is 0.142 e. The summed E-state index contributed by atoms with van der Waals surface area (Å²) in [5.74, 6) is 3.56. The number of rotatable bonds is 5. The van der Waals surface area contributed by atoms with E-state index < -0.39 is 0 Å². The average Bonchev–Trinajstić information content (AvgIpc) is 3.01. The molecule has 5 heteroatoms. The topological polar surface area (TPSA) is 48.1 Å². The molecule has 3 heterocycles. The van der Waals surface area contributed by atoms with Crippen molar-refractivity contribution in [1.29, 1.82) is 0 Å². The van der Waals surface area contributed by atoms with Gasteiger partial charge in [0.15, 0.2) is 0 Å². The second kappa shape index (κ2) is 5.85. The molecular formula is C20H23N5. The first-order valence-corrected chi connectivity index (χ1v) is 9.05. The van der Waals surface area contributed by atoms with E-state index in [2.05, 4.69) is 68.2 Å². The van der Waals surface area contributed by atoms with Crippen LogP contribution in [0.25, 0.3) is 11.0 Å². The van der Waals surface area contributed by atoms with Crippen molar-refractivity contribution in [2.45, 2.75) is 6.54 Å². The number of fused-ring (bicyclic) bond motifs is 2. The molecule has 1 N–H and O–H groups in total. The average molecular weight is 333 g/mol. The summed E-state index contributed by atoms with van der Waals surface area (Å²) in [5, 5.41) is 1.11. The zero-order valence-electron chi connectivity index (χ0n) is 14.5. The molecule has 0 bridgehead atoms. The van der Waals surface area contributed by atoms with E-state index in [1.165, 1.54) is 18.7 Å². The fourth-order valence-electron chi connectivity index (χ4n) is 4.54. The second-order valence-electron chi connectivity index (χ2n) is 7.49. The van der Waals surface area contributed by atoms with Crippen LogP contribution in [0.15, 0.2) is 48.9 Å². The van der Waals surface area contributed by atoms with E-state index >= 15 is 0 Å². The summed E-state index contributed by atoms with van der Waals surface area (Å²) in [6.45, 7) is 4.65. The standard InChI is InChI=1S/C20H23N5/c1-24(20-15-7-8-21-19(15)22-13-23-20)10-16-17-11-25(12-18(16)17)9-14-5-3-2-4-6-14/h2-8,13,16-18H,9-12H2,1H3,(H,21,22,23)/t16-,17-,18+. The molecule has 5 nitrogen and oxygen atoms in total. The van der Waals surface area contributed by atoms with Gasteiger partial charge in [-0.05, 0) is 29.4 Å². The Morgan fingerprint density at radius 1 is 1.12 bits per heavy atom. The van der Waals surface area contributed by atoms with Crippen molar-refractivity contribution in [2.24, 2.45) is 17.8 Å². The first-order chi connectivity index (χ1) is 12.3. The Morgan fingerprint density at radius 3 is 2.72 bits per heavy atom. The van der Waals surface area contributed by atoms with Crippen LogP contribution in [0.2, 0.25) is 0 Å². The van der Waals surface area contributed by atoms with Gasteiger partial charge in [0.05, 0.1) is 5.39 Å². The molecule has 0 unspecified atom stereocenters. The van der Waals surface area contributed by atoms with Gasteiger partial charge in [-0.2, -0.15) is 0 Å². The van der Waals surface area contributed by atoms with Crippen LogP contribution in [0.4, 0.5) is 5.82 Å². The molecule has 1 aliphatic carbocycles. The number of aromatic nitrogens is 3. The first kappa shape index (κ1) is 14.9. The van der Waals surface area contributed by atoms with E-state index in [9.17, 15) is 0 Å². The van der Waals surface area contributed by atoms with E-state index in [1.54, 1.807) is 6.33 Å². The Hall–Kier alpha value is -2.40. The van der Waals surface area contributed by atoms with Gasteiger partial charge in [-0.3, -0.25) is 4.90 Å². The van der Waals surface area contributed by atoms with Crippen LogP contribution in [0.1, 0.15) is 5.56 Å². The number of H-pyrrole nitrogens is 1. The maximum absolute atomic E-state index is 4.51. The number of likely N-dealkylation sites (tertiary alicyclic amines) is 1. The molecule has 0 spiro atoms. The minimum Gasteiger partial charge on any atom is -0.359 e. The van der Waals surface area contributed by atoms with Gasteiger partial charge in [-0.25, -0.2) is 9.97 Å². The van der Waals surface area contributed by atoms with Crippen molar-refractivity contribution < 1.29 is 0 Å². The molecule has 3 aromatic rings. The Morgan fingerprint density at radius 2 is 1.92 bits per heavy atom. The van der Waals surface area contributed by atoms with Crippen LogP contribution in [-0.4, -0.2) is 46.5 Å². The molecule has 3 atom stereocenters. The zero-order chi connectivity index (χ0) is 16.8. The van der Waals surface area contributed by atoms with E-state index in [1.807, 2.05) is 6.20 Å². The van der Waals surface area contributed by atoms with Crippen LogP contribution in [0, 0.1) is 17.8 Å². The van der Waals surface area contributed by atoms with Crippen LogP contribution >= 0.6 is 0 Å². The molecule has 2 aliphatic rings. The quantitative estimate of drug-likeness (QED) is 0.780. The molecule has 0 amide bonds. The minimum atomic E-state index is 0.806. The molecule has 1 saturated heterocycles. The fourth-order valence-corrected chi connectivity index (χ4v) is 4.54. The third-order valence-electron chi connectivity index (χ3n) is 5.88. The lowest BCUT2D eigenvalue weighted by Crippen LogP contribution is -2.29. The Balaban J connectivity index is 1.20. The number of aromatic amines is 1. The lowest BCUT2D eigenvalue weighted by Gasteiger charge is -2.23. The normalized spacial score (nSPS) is 25.2. The summed E-state index contributed by atoms with van der Waals surface area (Å²) in [6, 6.07) is 12.9. The van der Waals surface area contributed by atoms with Gasteiger partial charge in [0.2, 0.25) is 0 Å². The monoisotopic (exact) mass is 333 g/mol. The summed E-state index contributed by atoms with van der Waals surface area (Å²) >= 11 is 0. The van der Waals surface area contributed by atoms with E-state index in [4.69, 9.17) is 0 Å². The number of hydrogen-bond acceptors (Lipinski definition) is 4. The lowest BCUT2D eigenvalue weighted by atomic mass is 10.2. The van der Waals surface area contributed by atoms with Crippen molar-refractivity contribution >= 4 is 16.9 Å². The minimum absolute atomic E-state index is 0.806. The van der Waals surface area contributed by atoms with Crippen molar-refractivity contribution in [3.63, 3.8) is 0 Å². The molecule has 2 aromatic heterocycles. The van der Waals surface area contributed by atoms with Gasteiger partial charge in [0, 0.05) is 39.4 Å². The Labute approximate surface area is 147 Å². The highest BCUT2D eigenvalue weighted by Crippen LogP contribution is 2.52. The predicted octanol–water partition coefficient (Wildman–Crippen LogP) is 2.77. The Bertz CT molecular complexity index is 862. The van der Waals surface area contributed by atoms with Crippen LogP contribution in [0.3, 0.4) is 0 Å². The van der Waals surface area contributed by atoms with E-state index in [0.717, 1.165) is 47.7 Å². The third-order valence-corrected chi connectivity index (χ3v) is 5.88. The van der Waals surface area contributed by atoms with Crippen molar-refractivity contribution in [3.05, 3.63) is 54.5 Å². The summed E-state index contributed by atoms with van der Waals surface area (Å²) in [6.07, 6.45) is 3.59. The molecule has 5 rings (SSSR count). The SMILES string of the molecule is CN(C[C@H]1[C@@H]2CN(Cc3ccccc3)C[C@@H]21)c1ncnc2[nH]ccc12. The van der Waals surface area contributed by atoms with Crippen LogP contribution in [0.5, 0.6) is 0 Å². The molecule has 1 saturated carbocycles. The number of piperidine rings is 1. The molecular weight excluding hydrogens is 310 g/mol. The van der Waals surface area contributed by atoms with Gasteiger partial charge >= 0.3 is 0 Å². The number of nitrogens with zero attached hydrogens (tertiary/aromatic N) is 4. The molecule has 1 aromatic carbocycles. The van der Waals surface area contributed by atoms with Crippen molar-refractivity contribution in [3.8, 4) is 0 Å². The zero-order valence-corrected chi connectivity index (χ0v) is 14.5. The summed E-state index contributed by atoms with van der Waals surface area (Å²) in [7, 11) is 2.16. The molecule has 2 fully saturated rings. The summed E-state index contributed by atoms with van der Waals surface area (Å²) in [5.41, 5.74) is 2.34. The summed E-state index contributed by atoms with van der Waals surface area (Å²) in [4.78, 5) is 16.9. The number of nitrogens with one attached hydrogen (secondary N) is 1. The lowest BCUT2D eigenvalue weighted by molar-refractivity contribution is 0.278. The van der Waals surface area contributed by atoms with Crippen molar-refractivity contribution in [2.75, 3.05) is 31.6 Å². The highest BCUT2D eigenvalue weighted by molar-refractivity contribution is 5.87. The number of hydrogen-bond donors (Lipinski definition) is 1. The molecule has 128 valence electrons. The number of benzene rings is 1. The Kier molecular flexibility index (Phi) is 3.48. The molecule has 1 aliphatic heterocycles. The highest BCUT2D eigenvalue weighted by atomic mass is 15.2. The van der Waals surface area contributed by atoms with Gasteiger partial charge < -0.3 is 9.88 Å². The van der Waals surface area contributed by atoms with Gasteiger partial charge in [0.25, 0.3) is 0 Å². The fraction of sp³-hybridized carbons (Fsp3) is 0.400. The first-order valence-electron chi connectivity index (χ1n) is 9.05. The third kappa shape index (κ3) is 2.68. The number of anilines is 1. The van der Waals surface area contributed by atoms with E-state index in [0.29, 0.717) is 0 Å².